The van der Waals surface area contributed by atoms with Crippen molar-refractivity contribution in [1.29, 1.82) is 0 Å². The number of aryl methyl sites for hydroxylation is 1. The van der Waals surface area contributed by atoms with Crippen molar-refractivity contribution in [2.45, 2.75) is 6.92 Å². The number of hydrazone groups is 1. The van der Waals surface area contributed by atoms with Crippen molar-refractivity contribution in [1.82, 2.24) is 5.43 Å². The summed E-state index contributed by atoms with van der Waals surface area (Å²) in [7, 11) is 1.58. The van der Waals surface area contributed by atoms with Crippen LogP contribution in [0.4, 0.5) is 0 Å². The van der Waals surface area contributed by atoms with Crippen LogP contribution in [0.15, 0.2) is 46.0 Å². The topological polar surface area (TPSA) is 78.1 Å². The Morgan fingerprint density at radius 3 is 2.58 bits per heavy atom. The third kappa shape index (κ3) is 6.20. The van der Waals surface area contributed by atoms with Crippen molar-refractivity contribution < 1.29 is 14.2 Å². The molecule has 0 aromatic heterocycles. The third-order valence-electron chi connectivity index (χ3n) is 3.26. The second kappa shape index (κ2) is 9.98. The van der Waals surface area contributed by atoms with Crippen molar-refractivity contribution in [2.75, 3.05) is 20.3 Å². The molecule has 0 saturated heterocycles. The molecule has 0 fully saturated rings. The number of methoxy groups -OCH3 is 1. The molecule has 8 heteroatoms. The molecule has 6 nitrogen and oxygen atoms in total. The summed E-state index contributed by atoms with van der Waals surface area (Å²) in [5, 5.41) is 4.02. The number of ether oxygens (including phenoxy) is 3. The Labute approximate surface area is 166 Å². The Bertz CT molecular complexity index is 782. The number of nitrogens with zero attached hydrogens (tertiary/aromatic N) is 1. The minimum atomic E-state index is 0.0980. The molecule has 0 saturated carbocycles. The normalized spacial score (nSPS) is 10.6. The zero-order valence-electron chi connectivity index (χ0n) is 14.5. The quantitative estimate of drug-likeness (QED) is 0.285. The van der Waals surface area contributed by atoms with Crippen molar-refractivity contribution in [3.63, 3.8) is 0 Å². The van der Waals surface area contributed by atoms with Gasteiger partial charge in [-0.05, 0) is 64.9 Å². The summed E-state index contributed by atoms with van der Waals surface area (Å²) in [6, 6.07) is 11.5. The number of thiocarbonyl (C=S) groups is 1. The maximum absolute atomic E-state index is 5.80. The summed E-state index contributed by atoms with van der Waals surface area (Å²) in [6.07, 6.45) is 1.58. The molecule has 0 radical (unpaired) electrons. The number of nitrogens with one attached hydrogen (secondary N) is 1. The van der Waals surface area contributed by atoms with Crippen LogP contribution >= 0.6 is 28.1 Å². The highest BCUT2D eigenvalue weighted by Gasteiger charge is 2.11. The zero-order valence-corrected chi connectivity index (χ0v) is 16.9. The Kier molecular flexibility index (Phi) is 7.68. The maximum Gasteiger partial charge on any atom is 0.184 e. The van der Waals surface area contributed by atoms with E-state index in [9.17, 15) is 0 Å². The summed E-state index contributed by atoms with van der Waals surface area (Å²) >= 11 is 8.18. The SMILES string of the molecule is COc1cc(C=NNC(N)=S)cc(Br)c1OCCOc1ccc(C)cc1. The van der Waals surface area contributed by atoms with Gasteiger partial charge >= 0.3 is 0 Å². The van der Waals surface area contributed by atoms with Crippen LogP contribution in [-0.2, 0) is 0 Å². The molecule has 0 unspecified atom stereocenters. The minimum absolute atomic E-state index is 0.0980. The first kappa shape index (κ1) is 20.0. The van der Waals surface area contributed by atoms with Gasteiger partial charge in [-0.15, -0.1) is 0 Å². The number of hydrogen-bond donors (Lipinski definition) is 2. The first-order valence-electron chi connectivity index (χ1n) is 7.78. The Morgan fingerprint density at radius 1 is 1.23 bits per heavy atom. The Balaban J connectivity index is 1.96. The van der Waals surface area contributed by atoms with E-state index in [4.69, 9.17) is 32.2 Å². The van der Waals surface area contributed by atoms with Crippen molar-refractivity contribution in [3.05, 3.63) is 52.0 Å². The van der Waals surface area contributed by atoms with Crippen LogP contribution in [0, 0.1) is 6.92 Å². The average Bonchev–Trinajstić information content (AvgIpc) is 2.61. The summed E-state index contributed by atoms with van der Waals surface area (Å²) < 4.78 is 17.6. The Hall–Kier alpha value is -2.32. The molecule has 26 heavy (non-hydrogen) atoms. The number of nitrogens with two attached hydrogens (primary N) is 1. The van der Waals surface area contributed by atoms with Gasteiger partial charge in [0.15, 0.2) is 16.6 Å². The van der Waals surface area contributed by atoms with E-state index in [1.165, 1.54) is 5.56 Å². The average molecular weight is 438 g/mol. The van der Waals surface area contributed by atoms with Gasteiger partial charge in [0, 0.05) is 0 Å². The Morgan fingerprint density at radius 2 is 1.92 bits per heavy atom. The highest BCUT2D eigenvalue weighted by atomic mass is 79.9. The van der Waals surface area contributed by atoms with Crippen molar-refractivity contribution in [2.24, 2.45) is 10.8 Å². The van der Waals surface area contributed by atoms with Crippen LogP contribution in [0.1, 0.15) is 11.1 Å². The van der Waals surface area contributed by atoms with Gasteiger partial charge in [0.2, 0.25) is 0 Å². The molecular weight excluding hydrogens is 418 g/mol. The number of rotatable bonds is 8. The van der Waals surface area contributed by atoms with Gasteiger partial charge in [-0.1, -0.05) is 17.7 Å². The van der Waals surface area contributed by atoms with E-state index in [1.54, 1.807) is 19.4 Å². The van der Waals surface area contributed by atoms with Gasteiger partial charge in [-0.2, -0.15) is 5.10 Å². The second-order valence-corrected chi connectivity index (χ2v) is 6.57. The van der Waals surface area contributed by atoms with E-state index in [-0.39, 0.29) is 5.11 Å². The van der Waals surface area contributed by atoms with Crippen LogP contribution in [0.5, 0.6) is 17.2 Å². The molecule has 0 atom stereocenters. The molecule has 2 aromatic carbocycles. The lowest BCUT2D eigenvalue weighted by Gasteiger charge is -2.14. The van der Waals surface area contributed by atoms with Gasteiger partial charge in [0.1, 0.15) is 19.0 Å². The summed E-state index contributed by atoms with van der Waals surface area (Å²) in [6.45, 7) is 2.82. The van der Waals surface area contributed by atoms with E-state index in [2.05, 4.69) is 26.5 Å². The van der Waals surface area contributed by atoms with Crippen LogP contribution in [0.3, 0.4) is 0 Å². The van der Waals surface area contributed by atoms with E-state index in [0.29, 0.717) is 24.7 Å². The standard InChI is InChI=1S/C18H20BrN3O3S/c1-12-3-5-14(6-4-12)24-7-8-25-17-15(19)9-13(10-16(17)23-2)11-21-22-18(20)26/h3-6,9-11H,7-8H2,1-2H3,(H3,20,22,26). The monoisotopic (exact) mass is 437 g/mol. The van der Waals surface area contributed by atoms with E-state index in [1.807, 2.05) is 37.3 Å². The van der Waals surface area contributed by atoms with Gasteiger partial charge < -0.3 is 19.9 Å². The van der Waals surface area contributed by atoms with Gasteiger partial charge in [0.25, 0.3) is 0 Å². The number of hydrogen-bond acceptors (Lipinski definition) is 5. The molecule has 0 aliphatic heterocycles. The first-order chi connectivity index (χ1) is 12.5. The minimum Gasteiger partial charge on any atom is -0.493 e. The van der Waals surface area contributed by atoms with Gasteiger partial charge in [-0.3, -0.25) is 5.43 Å². The maximum atomic E-state index is 5.80. The van der Waals surface area contributed by atoms with Crippen LogP contribution < -0.4 is 25.4 Å². The van der Waals surface area contributed by atoms with E-state index in [0.717, 1.165) is 15.8 Å². The molecule has 0 spiro atoms. The zero-order chi connectivity index (χ0) is 18.9. The summed E-state index contributed by atoms with van der Waals surface area (Å²) in [4.78, 5) is 0. The van der Waals surface area contributed by atoms with E-state index < -0.39 is 0 Å². The predicted molar refractivity (Wildman–Crippen MR) is 110 cm³/mol. The first-order valence-corrected chi connectivity index (χ1v) is 8.98. The molecular formula is C18H20BrN3O3S. The summed E-state index contributed by atoms with van der Waals surface area (Å²) in [5.74, 6) is 1.98. The molecule has 0 amide bonds. The molecule has 2 aromatic rings. The fourth-order valence-electron chi connectivity index (χ4n) is 2.06. The molecule has 0 aliphatic carbocycles. The fourth-order valence-corrected chi connectivity index (χ4v) is 2.69. The molecule has 0 bridgehead atoms. The lowest BCUT2D eigenvalue weighted by atomic mass is 10.2. The van der Waals surface area contributed by atoms with Gasteiger partial charge in [0.05, 0.1) is 17.8 Å². The molecule has 3 N–H and O–H groups in total. The fraction of sp³-hybridized carbons (Fsp3) is 0.222. The highest BCUT2D eigenvalue weighted by Crippen LogP contribution is 2.36. The molecule has 2 rings (SSSR count). The van der Waals surface area contributed by atoms with Crippen LogP contribution in [-0.4, -0.2) is 31.7 Å². The lowest BCUT2D eigenvalue weighted by molar-refractivity contribution is 0.210. The molecule has 0 heterocycles. The van der Waals surface area contributed by atoms with Crippen molar-refractivity contribution in [3.8, 4) is 17.2 Å². The molecule has 138 valence electrons. The van der Waals surface area contributed by atoms with Crippen molar-refractivity contribution >= 4 is 39.5 Å². The third-order valence-corrected chi connectivity index (χ3v) is 3.94. The molecule has 0 aliphatic rings. The smallest absolute Gasteiger partial charge is 0.184 e. The second-order valence-electron chi connectivity index (χ2n) is 5.28. The van der Waals surface area contributed by atoms with Gasteiger partial charge in [-0.25, -0.2) is 0 Å². The van der Waals surface area contributed by atoms with Crippen LogP contribution in [0.2, 0.25) is 0 Å². The number of halogens is 1. The summed E-state index contributed by atoms with van der Waals surface area (Å²) in [5.41, 5.74) is 9.81. The van der Waals surface area contributed by atoms with E-state index >= 15 is 0 Å². The van der Waals surface area contributed by atoms with Crippen LogP contribution in [0.25, 0.3) is 0 Å². The largest absolute Gasteiger partial charge is 0.493 e. The lowest BCUT2D eigenvalue weighted by Crippen LogP contribution is -2.23. The predicted octanol–water partition coefficient (Wildman–Crippen LogP) is 3.39. The highest BCUT2D eigenvalue weighted by molar-refractivity contribution is 9.10. The number of benzene rings is 2.